The van der Waals surface area contributed by atoms with Gasteiger partial charge in [0.05, 0.1) is 11.1 Å². The van der Waals surface area contributed by atoms with Gasteiger partial charge in [-0.3, -0.25) is 10.0 Å². The van der Waals surface area contributed by atoms with Crippen LogP contribution in [0.5, 0.6) is 0 Å². The lowest BCUT2D eigenvalue weighted by Crippen LogP contribution is -2.44. The van der Waals surface area contributed by atoms with Crippen molar-refractivity contribution in [1.82, 2.24) is 15.2 Å². The smallest absolute Gasteiger partial charge is 0.286 e. The van der Waals surface area contributed by atoms with Gasteiger partial charge in [-0.25, -0.2) is 23.6 Å². The van der Waals surface area contributed by atoms with E-state index in [1.54, 1.807) is 17.6 Å². The van der Waals surface area contributed by atoms with E-state index in [-0.39, 0.29) is 10.9 Å². The number of benzene rings is 2. The van der Waals surface area contributed by atoms with Gasteiger partial charge in [0.15, 0.2) is 5.13 Å². The Morgan fingerprint density at radius 1 is 1.03 bits per heavy atom. The van der Waals surface area contributed by atoms with Crippen LogP contribution in [0, 0.1) is 0 Å². The Morgan fingerprint density at radius 3 is 2.32 bits per heavy atom. The van der Waals surface area contributed by atoms with Crippen molar-refractivity contribution in [2.75, 3.05) is 18.0 Å². The molecule has 3 aromatic rings. The molecular formula is C21H22N4O4S2. The van der Waals surface area contributed by atoms with Gasteiger partial charge in [0.2, 0.25) is 10.0 Å². The van der Waals surface area contributed by atoms with E-state index in [0.717, 1.165) is 11.1 Å². The Balaban J connectivity index is 1.36. The van der Waals surface area contributed by atoms with Gasteiger partial charge in [-0.1, -0.05) is 53.8 Å². The highest BCUT2D eigenvalue weighted by molar-refractivity contribution is 7.89. The number of sulfonamides is 1. The Morgan fingerprint density at radius 2 is 1.68 bits per heavy atom. The van der Waals surface area contributed by atoms with Crippen molar-refractivity contribution in [3.63, 3.8) is 0 Å². The quantitative estimate of drug-likeness (QED) is 0.387. The first-order valence-corrected chi connectivity index (χ1v) is 12.1. The van der Waals surface area contributed by atoms with Crippen LogP contribution >= 0.6 is 11.3 Å². The van der Waals surface area contributed by atoms with E-state index in [9.17, 15) is 13.2 Å². The van der Waals surface area contributed by atoms with Crippen LogP contribution in [0.25, 0.3) is 11.1 Å². The second-order valence-corrected chi connectivity index (χ2v) is 9.94. The maximum atomic E-state index is 12.8. The van der Waals surface area contributed by atoms with Crippen LogP contribution in [0.15, 0.2) is 65.7 Å². The molecule has 3 N–H and O–H groups in total. The number of amides is 1. The lowest BCUT2D eigenvalue weighted by atomic mass is 10.1. The molecule has 1 aliphatic rings. The molecule has 1 aromatic heterocycles. The average molecular weight is 459 g/mol. The fourth-order valence-electron chi connectivity index (χ4n) is 3.50. The Labute approximate surface area is 184 Å². The predicted octanol–water partition coefficient (Wildman–Crippen LogP) is 2.88. The summed E-state index contributed by atoms with van der Waals surface area (Å²) >= 11 is 1.19. The van der Waals surface area contributed by atoms with Gasteiger partial charge in [-0.2, -0.15) is 0 Å². The molecule has 0 bridgehead atoms. The largest absolute Gasteiger partial charge is 0.348 e. The fraction of sp³-hybridized carbons (Fsp3) is 0.238. The number of piperidine rings is 1. The van der Waals surface area contributed by atoms with Crippen molar-refractivity contribution in [3.05, 3.63) is 65.7 Å². The lowest BCUT2D eigenvalue weighted by molar-refractivity contribution is 0.0710. The number of hydrogen-bond donors (Lipinski definition) is 3. The van der Waals surface area contributed by atoms with Crippen LogP contribution < -0.4 is 15.1 Å². The van der Waals surface area contributed by atoms with Crippen molar-refractivity contribution < 1.29 is 18.4 Å². The van der Waals surface area contributed by atoms with Crippen LogP contribution in [0.3, 0.4) is 0 Å². The summed E-state index contributed by atoms with van der Waals surface area (Å²) in [5, 5.41) is 9.40. The monoisotopic (exact) mass is 458 g/mol. The molecule has 0 atom stereocenters. The molecule has 1 aliphatic heterocycles. The van der Waals surface area contributed by atoms with Crippen molar-refractivity contribution in [1.29, 1.82) is 0 Å². The summed E-state index contributed by atoms with van der Waals surface area (Å²) in [4.78, 5) is 18.3. The Hall–Kier alpha value is -2.79. The van der Waals surface area contributed by atoms with Crippen LogP contribution in [-0.4, -0.2) is 43.6 Å². The number of anilines is 1. The minimum Gasteiger partial charge on any atom is -0.348 e. The van der Waals surface area contributed by atoms with E-state index in [2.05, 4.69) is 9.71 Å². The first kappa shape index (κ1) is 21.4. The van der Waals surface area contributed by atoms with E-state index in [0.29, 0.717) is 35.9 Å². The van der Waals surface area contributed by atoms with Crippen molar-refractivity contribution in [3.8, 4) is 11.1 Å². The second kappa shape index (κ2) is 9.15. The maximum Gasteiger partial charge on any atom is 0.286 e. The van der Waals surface area contributed by atoms with Gasteiger partial charge >= 0.3 is 0 Å². The average Bonchev–Trinajstić information content (AvgIpc) is 3.30. The molecule has 2 heterocycles. The number of carbonyl (C=O) groups is 1. The molecule has 0 saturated carbocycles. The number of thiazole rings is 1. The topological polar surface area (TPSA) is 112 Å². The van der Waals surface area contributed by atoms with Gasteiger partial charge in [0, 0.05) is 19.1 Å². The van der Waals surface area contributed by atoms with Crippen molar-refractivity contribution >= 4 is 32.4 Å². The summed E-state index contributed by atoms with van der Waals surface area (Å²) in [5.74, 6) is -0.593. The first-order chi connectivity index (χ1) is 15.0. The molecule has 1 amide bonds. The van der Waals surface area contributed by atoms with Gasteiger partial charge in [0.25, 0.3) is 5.91 Å². The molecule has 31 heavy (non-hydrogen) atoms. The van der Waals surface area contributed by atoms with E-state index >= 15 is 0 Å². The zero-order chi connectivity index (χ0) is 21.8. The minimum absolute atomic E-state index is 0.171. The third-order valence-electron chi connectivity index (χ3n) is 5.18. The number of hydrogen-bond acceptors (Lipinski definition) is 7. The minimum atomic E-state index is -3.61. The summed E-state index contributed by atoms with van der Waals surface area (Å²) in [6, 6.07) is 16.5. The Kier molecular flexibility index (Phi) is 6.33. The van der Waals surface area contributed by atoms with Crippen molar-refractivity contribution in [2.24, 2.45) is 0 Å². The molecule has 162 valence electrons. The zero-order valence-electron chi connectivity index (χ0n) is 16.6. The molecule has 4 rings (SSSR count). The number of carbonyl (C=O) groups excluding carboxylic acids is 1. The maximum absolute atomic E-state index is 12.8. The molecule has 2 aromatic carbocycles. The summed E-state index contributed by atoms with van der Waals surface area (Å²) in [6.07, 6.45) is 2.67. The van der Waals surface area contributed by atoms with Gasteiger partial charge in [0.1, 0.15) is 4.88 Å². The molecular weight excluding hydrogens is 436 g/mol. The van der Waals surface area contributed by atoms with Crippen LogP contribution in [0.4, 0.5) is 5.13 Å². The van der Waals surface area contributed by atoms with Gasteiger partial charge < -0.3 is 4.90 Å². The SMILES string of the molecule is O=C(NO)c1cnc(N2CCC(NS(=O)(=O)c3ccc(-c4ccccc4)cc3)CC2)s1. The third-order valence-corrected chi connectivity index (χ3v) is 7.77. The molecule has 0 aliphatic carbocycles. The highest BCUT2D eigenvalue weighted by Crippen LogP contribution is 2.26. The molecule has 1 saturated heterocycles. The van der Waals surface area contributed by atoms with Crippen LogP contribution in [0.2, 0.25) is 0 Å². The summed E-state index contributed by atoms with van der Waals surface area (Å²) in [7, 11) is -3.61. The molecule has 1 fully saturated rings. The molecule has 0 unspecified atom stereocenters. The highest BCUT2D eigenvalue weighted by Gasteiger charge is 2.26. The van der Waals surface area contributed by atoms with Crippen LogP contribution in [0.1, 0.15) is 22.5 Å². The second-order valence-electron chi connectivity index (χ2n) is 7.22. The predicted molar refractivity (Wildman–Crippen MR) is 119 cm³/mol. The first-order valence-electron chi connectivity index (χ1n) is 9.79. The third kappa shape index (κ3) is 4.93. The number of aromatic nitrogens is 1. The number of hydroxylamine groups is 1. The summed E-state index contributed by atoms with van der Waals surface area (Å²) in [6.45, 7) is 1.24. The number of nitrogens with one attached hydrogen (secondary N) is 2. The Bertz CT molecular complexity index is 1140. The molecule has 8 nitrogen and oxygen atoms in total. The summed E-state index contributed by atoms with van der Waals surface area (Å²) < 4.78 is 28.4. The normalized spacial score (nSPS) is 15.1. The van der Waals surface area contributed by atoms with Crippen LogP contribution in [-0.2, 0) is 10.0 Å². The molecule has 10 heteroatoms. The molecule has 0 spiro atoms. The summed E-state index contributed by atoms with van der Waals surface area (Å²) in [5.41, 5.74) is 3.59. The van der Waals surface area contributed by atoms with E-state index in [1.165, 1.54) is 17.5 Å². The fourth-order valence-corrected chi connectivity index (χ4v) is 5.67. The number of rotatable bonds is 6. The zero-order valence-corrected chi connectivity index (χ0v) is 18.2. The van der Waals surface area contributed by atoms with Gasteiger partial charge in [-0.05, 0) is 36.1 Å². The van der Waals surface area contributed by atoms with E-state index < -0.39 is 15.9 Å². The number of nitrogens with zero attached hydrogens (tertiary/aromatic N) is 2. The highest BCUT2D eigenvalue weighted by atomic mass is 32.2. The van der Waals surface area contributed by atoms with E-state index in [1.807, 2.05) is 47.4 Å². The molecule has 0 radical (unpaired) electrons. The lowest BCUT2D eigenvalue weighted by Gasteiger charge is -2.32. The standard InChI is InChI=1S/C21H22N4O4S2/c26-20(23-27)19-14-22-21(30-19)25-12-10-17(11-13-25)24-31(28,29)18-8-6-16(7-9-18)15-4-2-1-3-5-15/h1-9,14,17,24,27H,10-13H2,(H,23,26). The van der Waals surface area contributed by atoms with Crippen molar-refractivity contribution in [2.45, 2.75) is 23.8 Å². The van der Waals surface area contributed by atoms with Gasteiger partial charge in [-0.15, -0.1) is 0 Å². The van der Waals surface area contributed by atoms with E-state index in [4.69, 9.17) is 5.21 Å².